The summed E-state index contributed by atoms with van der Waals surface area (Å²) in [5.74, 6) is 2.16. The molecular formula is C19H26N2O. The molecule has 22 heavy (non-hydrogen) atoms. The van der Waals surface area contributed by atoms with E-state index in [0.29, 0.717) is 12.0 Å². The summed E-state index contributed by atoms with van der Waals surface area (Å²) in [5.41, 5.74) is 2.19. The molecule has 1 aromatic heterocycles. The van der Waals surface area contributed by atoms with E-state index in [9.17, 15) is 0 Å². The van der Waals surface area contributed by atoms with Gasteiger partial charge in [0, 0.05) is 11.6 Å². The minimum Gasteiger partial charge on any atom is -0.474 e. The van der Waals surface area contributed by atoms with Crippen LogP contribution < -0.4 is 0 Å². The molecule has 0 N–H and O–H groups in total. The van der Waals surface area contributed by atoms with Crippen molar-refractivity contribution < 1.29 is 4.74 Å². The zero-order valence-corrected chi connectivity index (χ0v) is 13.3. The molecule has 118 valence electrons. The monoisotopic (exact) mass is 298 g/mol. The number of aliphatic imine (C=N–C) groups is 1. The van der Waals surface area contributed by atoms with Crippen molar-refractivity contribution >= 4 is 5.90 Å². The number of ether oxygens (including phenoxy) is 1. The number of rotatable bonds is 3. The largest absolute Gasteiger partial charge is 0.474 e. The van der Waals surface area contributed by atoms with Crippen molar-refractivity contribution in [2.75, 3.05) is 6.61 Å². The van der Waals surface area contributed by atoms with Gasteiger partial charge in [-0.2, -0.15) is 0 Å². The van der Waals surface area contributed by atoms with E-state index >= 15 is 0 Å². The van der Waals surface area contributed by atoms with E-state index in [-0.39, 0.29) is 0 Å². The van der Waals surface area contributed by atoms with Crippen LogP contribution in [0.5, 0.6) is 0 Å². The van der Waals surface area contributed by atoms with Crippen LogP contribution in [0.15, 0.2) is 23.2 Å². The summed E-state index contributed by atoms with van der Waals surface area (Å²) in [6.07, 6.45) is 12.0. The summed E-state index contributed by atoms with van der Waals surface area (Å²) in [6, 6.07) is 6.72. The van der Waals surface area contributed by atoms with Crippen molar-refractivity contribution in [3.05, 3.63) is 29.6 Å². The summed E-state index contributed by atoms with van der Waals surface area (Å²) in [4.78, 5) is 9.74. The minimum absolute atomic E-state index is 0.368. The van der Waals surface area contributed by atoms with Gasteiger partial charge in [0.25, 0.3) is 0 Å². The Bertz CT molecular complexity index is 542. The van der Waals surface area contributed by atoms with Crippen LogP contribution in [0.3, 0.4) is 0 Å². The first-order valence-electron chi connectivity index (χ1n) is 9.08. The van der Waals surface area contributed by atoms with E-state index in [1.165, 1.54) is 63.5 Å². The predicted molar refractivity (Wildman–Crippen MR) is 88.3 cm³/mol. The van der Waals surface area contributed by atoms with Crippen molar-refractivity contribution in [1.82, 2.24) is 4.98 Å². The van der Waals surface area contributed by atoms with Crippen molar-refractivity contribution in [2.45, 2.75) is 69.7 Å². The summed E-state index contributed by atoms with van der Waals surface area (Å²) in [6.45, 7) is 0.759. The Hall–Kier alpha value is -1.38. The van der Waals surface area contributed by atoms with Crippen LogP contribution in [0.1, 0.15) is 75.1 Å². The fraction of sp³-hybridized carbons (Fsp3) is 0.684. The van der Waals surface area contributed by atoms with Gasteiger partial charge < -0.3 is 4.74 Å². The van der Waals surface area contributed by atoms with Crippen LogP contribution in [0.4, 0.5) is 0 Å². The third-order valence-corrected chi connectivity index (χ3v) is 5.63. The van der Waals surface area contributed by atoms with Crippen LogP contribution in [0, 0.1) is 5.92 Å². The number of nitrogens with zero attached hydrogens (tertiary/aromatic N) is 2. The quantitative estimate of drug-likeness (QED) is 0.825. The standard InChI is InChI=1S/C19H26N2O/c1-2-7-15(8-3-1)18-13-22-19(21-18)17-12-6-11-16(20-17)14-9-4-5-10-14/h6,11-12,14-15,18H,1-5,7-10,13H2/t18-/m0/s1. The number of aromatic nitrogens is 1. The highest BCUT2D eigenvalue weighted by Gasteiger charge is 2.30. The van der Waals surface area contributed by atoms with Crippen molar-refractivity contribution in [3.8, 4) is 0 Å². The third kappa shape index (κ3) is 2.90. The van der Waals surface area contributed by atoms with Gasteiger partial charge in [-0.3, -0.25) is 0 Å². The predicted octanol–water partition coefficient (Wildman–Crippen LogP) is 4.46. The second-order valence-corrected chi connectivity index (χ2v) is 7.14. The lowest BCUT2D eigenvalue weighted by molar-refractivity contribution is 0.240. The Morgan fingerprint density at radius 1 is 0.909 bits per heavy atom. The van der Waals surface area contributed by atoms with Crippen molar-refractivity contribution in [1.29, 1.82) is 0 Å². The van der Waals surface area contributed by atoms with Gasteiger partial charge in [0.05, 0.1) is 6.04 Å². The van der Waals surface area contributed by atoms with E-state index in [2.05, 4.69) is 18.2 Å². The highest BCUT2D eigenvalue weighted by molar-refractivity contribution is 5.93. The number of hydrogen-bond donors (Lipinski definition) is 0. The fourth-order valence-electron chi connectivity index (χ4n) is 4.31. The molecule has 0 saturated heterocycles. The zero-order chi connectivity index (χ0) is 14.8. The van der Waals surface area contributed by atoms with E-state index in [1.54, 1.807) is 0 Å². The van der Waals surface area contributed by atoms with Gasteiger partial charge in [0.2, 0.25) is 5.90 Å². The van der Waals surface area contributed by atoms with Gasteiger partial charge >= 0.3 is 0 Å². The summed E-state index contributed by atoms with van der Waals surface area (Å²) < 4.78 is 5.91. The number of hydrogen-bond acceptors (Lipinski definition) is 3. The fourth-order valence-corrected chi connectivity index (χ4v) is 4.31. The van der Waals surface area contributed by atoms with Gasteiger partial charge in [-0.15, -0.1) is 0 Å². The van der Waals surface area contributed by atoms with Crippen LogP contribution in [0.2, 0.25) is 0 Å². The molecule has 0 bridgehead atoms. The molecule has 3 aliphatic rings. The first-order valence-corrected chi connectivity index (χ1v) is 9.08. The second kappa shape index (κ2) is 6.39. The molecule has 3 nitrogen and oxygen atoms in total. The second-order valence-electron chi connectivity index (χ2n) is 7.14. The van der Waals surface area contributed by atoms with Gasteiger partial charge in [0.15, 0.2) is 0 Å². The molecule has 2 aliphatic carbocycles. The topological polar surface area (TPSA) is 34.5 Å². The molecule has 4 rings (SSSR count). The highest BCUT2D eigenvalue weighted by Crippen LogP contribution is 2.34. The van der Waals surface area contributed by atoms with Crippen LogP contribution in [-0.4, -0.2) is 23.5 Å². The molecule has 0 unspecified atom stereocenters. The molecule has 0 aromatic carbocycles. The maximum atomic E-state index is 5.91. The summed E-state index contributed by atoms with van der Waals surface area (Å²) >= 11 is 0. The molecule has 0 spiro atoms. The van der Waals surface area contributed by atoms with Gasteiger partial charge in [-0.1, -0.05) is 38.2 Å². The average molecular weight is 298 g/mol. The first kappa shape index (κ1) is 14.2. The molecule has 1 aliphatic heterocycles. The molecule has 0 amide bonds. The van der Waals surface area contributed by atoms with Gasteiger partial charge in [-0.25, -0.2) is 9.98 Å². The highest BCUT2D eigenvalue weighted by atomic mass is 16.5. The molecule has 1 aromatic rings. The summed E-state index contributed by atoms with van der Waals surface area (Å²) in [5, 5.41) is 0. The lowest BCUT2D eigenvalue weighted by Gasteiger charge is -2.24. The minimum atomic E-state index is 0.368. The van der Waals surface area contributed by atoms with Gasteiger partial charge in [0.1, 0.15) is 12.3 Å². The van der Waals surface area contributed by atoms with Crippen molar-refractivity contribution in [2.24, 2.45) is 10.9 Å². The normalized spacial score (nSPS) is 26.9. The van der Waals surface area contributed by atoms with E-state index in [0.717, 1.165) is 24.1 Å². The molecular weight excluding hydrogens is 272 g/mol. The zero-order valence-electron chi connectivity index (χ0n) is 13.3. The lowest BCUT2D eigenvalue weighted by atomic mass is 9.84. The Labute approximate surface area is 133 Å². The van der Waals surface area contributed by atoms with Crippen LogP contribution in [0.25, 0.3) is 0 Å². The molecule has 3 heteroatoms. The summed E-state index contributed by atoms with van der Waals surface area (Å²) in [7, 11) is 0. The van der Waals surface area contributed by atoms with Gasteiger partial charge in [-0.05, 0) is 43.7 Å². The Kier molecular flexibility index (Phi) is 4.13. The third-order valence-electron chi connectivity index (χ3n) is 5.63. The Morgan fingerprint density at radius 3 is 2.50 bits per heavy atom. The molecule has 2 fully saturated rings. The smallest absolute Gasteiger partial charge is 0.235 e. The van der Waals surface area contributed by atoms with Crippen LogP contribution >= 0.6 is 0 Å². The SMILES string of the molecule is c1cc(C2=N[C@H](C3CCCCC3)CO2)nc(C2CCCC2)c1. The Morgan fingerprint density at radius 2 is 1.68 bits per heavy atom. The molecule has 2 saturated carbocycles. The first-order chi connectivity index (χ1) is 10.9. The maximum Gasteiger partial charge on any atom is 0.235 e. The molecule has 0 radical (unpaired) electrons. The van der Waals surface area contributed by atoms with E-state index < -0.39 is 0 Å². The Balaban J connectivity index is 1.50. The van der Waals surface area contributed by atoms with E-state index in [4.69, 9.17) is 14.7 Å². The average Bonchev–Trinajstić information content (AvgIpc) is 3.28. The van der Waals surface area contributed by atoms with Crippen LogP contribution in [-0.2, 0) is 4.74 Å². The van der Waals surface area contributed by atoms with Crippen molar-refractivity contribution in [3.63, 3.8) is 0 Å². The molecule has 2 heterocycles. The maximum absolute atomic E-state index is 5.91. The van der Waals surface area contributed by atoms with E-state index in [1.807, 2.05) is 0 Å². The molecule has 1 atom stereocenters. The lowest BCUT2D eigenvalue weighted by Crippen LogP contribution is -2.22. The number of pyridine rings is 1.